The molecule has 32 heavy (non-hydrogen) atoms. The summed E-state index contributed by atoms with van der Waals surface area (Å²) in [5.74, 6) is -0.0684. The van der Waals surface area contributed by atoms with Crippen LogP contribution >= 0.6 is 0 Å². The number of hydrogen-bond acceptors (Lipinski definition) is 5. The van der Waals surface area contributed by atoms with Gasteiger partial charge in [0.1, 0.15) is 10.6 Å². The third-order valence-electron chi connectivity index (χ3n) is 5.45. The van der Waals surface area contributed by atoms with E-state index in [-0.39, 0.29) is 23.1 Å². The van der Waals surface area contributed by atoms with Gasteiger partial charge in [0.15, 0.2) is 0 Å². The van der Waals surface area contributed by atoms with E-state index in [9.17, 15) is 13.2 Å². The second kappa shape index (κ2) is 8.64. The van der Waals surface area contributed by atoms with Crippen molar-refractivity contribution in [3.05, 3.63) is 71.8 Å². The Morgan fingerprint density at radius 1 is 0.969 bits per heavy atom. The molecule has 0 aliphatic heterocycles. The van der Waals surface area contributed by atoms with Crippen molar-refractivity contribution >= 4 is 27.3 Å². The van der Waals surface area contributed by atoms with Gasteiger partial charge in [0, 0.05) is 25.5 Å². The summed E-state index contributed by atoms with van der Waals surface area (Å²) in [5.41, 5.74) is 6.25. The van der Waals surface area contributed by atoms with Crippen LogP contribution in [0.15, 0.2) is 65.6 Å². The number of nitrogens with one attached hydrogen (secondary N) is 2. The van der Waals surface area contributed by atoms with Crippen LogP contribution < -0.4 is 15.4 Å². The SMILES string of the molecule is COc1ccc(NC(=O)CNc2ccc3c(c2)Cc2ccccc2-3)cc1S(=O)(=O)N(C)C. The highest BCUT2D eigenvalue weighted by Crippen LogP contribution is 2.37. The van der Waals surface area contributed by atoms with Crippen molar-refractivity contribution in [3.63, 3.8) is 0 Å². The third kappa shape index (κ3) is 4.19. The molecule has 0 heterocycles. The largest absolute Gasteiger partial charge is 0.495 e. The number of methoxy groups -OCH3 is 1. The Kier molecular flexibility index (Phi) is 5.90. The summed E-state index contributed by atoms with van der Waals surface area (Å²) < 4.78 is 31.4. The lowest BCUT2D eigenvalue weighted by Gasteiger charge is -2.16. The second-order valence-electron chi connectivity index (χ2n) is 7.76. The van der Waals surface area contributed by atoms with E-state index in [1.165, 1.54) is 55.6 Å². The van der Waals surface area contributed by atoms with Crippen LogP contribution in [0.5, 0.6) is 5.75 Å². The number of carbonyl (C=O) groups is 1. The zero-order chi connectivity index (χ0) is 22.9. The average molecular weight is 452 g/mol. The van der Waals surface area contributed by atoms with Crippen molar-refractivity contribution in [1.82, 2.24) is 4.31 Å². The van der Waals surface area contributed by atoms with Gasteiger partial charge in [0.05, 0.1) is 13.7 Å². The lowest BCUT2D eigenvalue weighted by Crippen LogP contribution is -2.24. The van der Waals surface area contributed by atoms with Gasteiger partial charge in [-0.3, -0.25) is 4.79 Å². The molecule has 0 fully saturated rings. The Hall–Kier alpha value is -3.36. The quantitative estimate of drug-likeness (QED) is 0.449. The van der Waals surface area contributed by atoms with Crippen LogP contribution in [0, 0.1) is 0 Å². The summed E-state index contributed by atoms with van der Waals surface area (Å²) in [4.78, 5) is 12.5. The molecule has 2 N–H and O–H groups in total. The van der Waals surface area contributed by atoms with E-state index in [1.807, 2.05) is 18.2 Å². The molecule has 3 aromatic carbocycles. The van der Waals surface area contributed by atoms with Gasteiger partial charge in [-0.2, -0.15) is 0 Å². The minimum Gasteiger partial charge on any atom is -0.495 e. The topological polar surface area (TPSA) is 87.7 Å². The molecule has 0 unspecified atom stereocenters. The molecule has 0 aromatic heterocycles. The first-order valence-electron chi connectivity index (χ1n) is 10.1. The Morgan fingerprint density at radius 3 is 2.44 bits per heavy atom. The van der Waals surface area contributed by atoms with Gasteiger partial charge in [-0.1, -0.05) is 30.3 Å². The number of fused-ring (bicyclic) bond motifs is 3. The predicted octanol–water partition coefficient (Wildman–Crippen LogP) is 3.57. The molecule has 166 valence electrons. The van der Waals surface area contributed by atoms with Crippen LogP contribution in [0.1, 0.15) is 11.1 Å². The number of hydrogen-bond donors (Lipinski definition) is 2. The summed E-state index contributed by atoms with van der Waals surface area (Å²) in [6.45, 7) is 0.0491. The standard InChI is InChI=1S/C24H25N3O4S/c1-27(2)32(29,30)23-14-19(9-11-22(23)31-3)26-24(28)15-25-18-8-10-21-17(13-18)12-16-6-4-5-7-20(16)21/h4-11,13-14,25H,12,15H2,1-3H3,(H,26,28). The van der Waals surface area contributed by atoms with Gasteiger partial charge in [-0.15, -0.1) is 0 Å². The molecule has 1 aliphatic rings. The first-order valence-corrected chi connectivity index (χ1v) is 11.6. The Labute approximate surface area is 188 Å². The minimum absolute atomic E-state index is 0.00560. The van der Waals surface area contributed by atoms with Gasteiger partial charge in [0.2, 0.25) is 15.9 Å². The number of sulfonamides is 1. The first kappa shape index (κ1) is 21.9. The first-order chi connectivity index (χ1) is 15.3. The second-order valence-corrected chi connectivity index (χ2v) is 9.88. The van der Waals surface area contributed by atoms with Gasteiger partial charge >= 0.3 is 0 Å². The summed E-state index contributed by atoms with van der Waals surface area (Å²) in [6, 6.07) is 19.0. The van der Waals surface area contributed by atoms with E-state index in [2.05, 4.69) is 34.9 Å². The van der Waals surface area contributed by atoms with Crippen LogP contribution in [0.3, 0.4) is 0 Å². The molecule has 0 radical (unpaired) electrons. The monoisotopic (exact) mass is 451 g/mol. The smallest absolute Gasteiger partial charge is 0.246 e. The van der Waals surface area contributed by atoms with Crippen molar-refractivity contribution in [1.29, 1.82) is 0 Å². The van der Waals surface area contributed by atoms with E-state index >= 15 is 0 Å². The molecular formula is C24H25N3O4S. The molecule has 7 nitrogen and oxygen atoms in total. The van der Waals surface area contributed by atoms with Gasteiger partial charge in [-0.25, -0.2) is 12.7 Å². The fourth-order valence-electron chi connectivity index (χ4n) is 3.80. The highest BCUT2D eigenvalue weighted by molar-refractivity contribution is 7.89. The number of carbonyl (C=O) groups excluding carboxylic acids is 1. The Bertz CT molecular complexity index is 1290. The normalized spacial score (nSPS) is 12.2. The number of nitrogens with zero attached hydrogens (tertiary/aromatic N) is 1. The van der Waals surface area contributed by atoms with Gasteiger partial charge in [0.25, 0.3) is 0 Å². The van der Waals surface area contributed by atoms with Crippen molar-refractivity contribution < 1.29 is 17.9 Å². The third-order valence-corrected chi connectivity index (χ3v) is 7.29. The Morgan fingerprint density at radius 2 is 1.69 bits per heavy atom. The summed E-state index contributed by atoms with van der Waals surface area (Å²) in [5, 5.41) is 5.89. The maximum Gasteiger partial charge on any atom is 0.246 e. The molecule has 0 saturated heterocycles. The minimum atomic E-state index is -3.72. The molecule has 0 bridgehead atoms. The molecule has 1 aliphatic carbocycles. The number of ether oxygens (including phenoxy) is 1. The van der Waals surface area contributed by atoms with Crippen molar-refractivity contribution in [3.8, 4) is 16.9 Å². The van der Waals surface area contributed by atoms with Crippen molar-refractivity contribution in [2.45, 2.75) is 11.3 Å². The number of rotatable bonds is 7. The molecule has 3 aromatic rings. The molecule has 4 rings (SSSR count). The van der Waals surface area contributed by atoms with E-state index in [1.54, 1.807) is 6.07 Å². The predicted molar refractivity (Wildman–Crippen MR) is 126 cm³/mol. The van der Waals surface area contributed by atoms with Crippen molar-refractivity contribution in [2.24, 2.45) is 0 Å². The molecule has 8 heteroatoms. The zero-order valence-electron chi connectivity index (χ0n) is 18.2. The zero-order valence-corrected chi connectivity index (χ0v) is 19.0. The van der Waals surface area contributed by atoms with E-state index in [4.69, 9.17) is 4.74 Å². The lowest BCUT2D eigenvalue weighted by molar-refractivity contribution is -0.114. The lowest BCUT2D eigenvalue weighted by atomic mass is 10.1. The van der Waals surface area contributed by atoms with Gasteiger partial charge in [-0.05, 0) is 59.0 Å². The molecule has 1 amide bonds. The Balaban J connectivity index is 1.43. The average Bonchev–Trinajstić information content (AvgIpc) is 3.15. The fourth-order valence-corrected chi connectivity index (χ4v) is 4.87. The molecular weight excluding hydrogens is 426 g/mol. The van der Waals surface area contributed by atoms with Crippen LogP contribution in [0.4, 0.5) is 11.4 Å². The maximum absolute atomic E-state index is 12.6. The molecule has 0 spiro atoms. The maximum atomic E-state index is 12.6. The van der Waals surface area contributed by atoms with E-state index in [0.29, 0.717) is 5.69 Å². The van der Waals surface area contributed by atoms with Gasteiger partial charge < -0.3 is 15.4 Å². The summed E-state index contributed by atoms with van der Waals surface area (Å²) in [6.07, 6.45) is 0.877. The fraction of sp³-hybridized carbons (Fsp3) is 0.208. The highest BCUT2D eigenvalue weighted by Gasteiger charge is 2.23. The number of anilines is 2. The summed E-state index contributed by atoms with van der Waals surface area (Å²) >= 11 is 0. The van der Waals surface area contributed by atoms with Crippen molar-refractivity contribution in [2.75, 3.05) is 38.4 Å². The molecule has 0 atom stereocenters. The highest BCUT2D eigenvalue weighted by atomic mass is 32.2. The number of benzene rings is 3. The van der Waals surface area contributed by atoms with Crippen LogP contribution in [-0.2, 0) is 21.2 Å². The van der Waals surface area contributed by atoms with Crippen LogP contribution in [-0.4, -0.2) is 46.4 Å². The van der Waals surface area contributed by atoms with E-state index < -0.39 is 10.0 Å². The van der Waals surface area contributed by atoms with Crippen LogP contribution in [0.25, 0.3) is 11.1 Å². The summed E-state index contributed by atoms with van der Waals surface area (Å²) in [7, 11) is 0.571. The van der Waals surface area contributed by atoms with Crippen LogP contribution in [0.2, 0.25) is 0 Å². The van der Waals surface area contributed by atoms with E-state index in [0.717, 1.165) is 16.4 Å². The molecule has 0 saturated carbocycles. The number of amides is 1.